The second kappa shape index (κ2) is 20.6. The predicted molar refractivity (Wildman–Crippen MR) is 146 cm³/mol. The molecule has 0 bridgehead atoms. The number of rotatable bonds is 23. The number of aryl methyl sites for hydroxylation is 1. The van der Waals surface area contributed by atoms with Gasteiger partial charge in [0.2, 0.25) is 5.89 Å². The Bertz CT molecular complexity index is 736. The van der Waals surface area contributed by atoms with E-state index in [1.165, 1.54) is 89.9 Å². The third-order valence-corrected chi connectivity index (χ3v) is 7.24. The van der Waals surface area contributed by atoms with Crippen LogP contribution in [0.4, 0.5) is 0 Å². The van der Waals surface area contributed by atoms with E-state index in [9.17, 15) is 0 Å². The monoisotopic (exact) mass is 504 g/mol. The Morgan fingerprint density at radius 3 is 2.00 bits per heavy atom. The van der Waals surface area contributed by atoms with Gasteiger partial charge in [0.25, 0.3) is 5.22 Å². The van der Waals surface area contributed by atoms with Crippen molar-refractivity contribution in [2.24, 2.45) is 0 Å². The lowest BCUT2D eigenvalue weighted by Gasteiger charge is -2.06. The van der Waals surface area contributed by atoms with Crippen LogP contribution in [0.2, 0.25) is 0 Å². The summed E-state index contributed by atoms with van der Waals surface area (Å²) in [7, 11) is 0. The van der Waals surface area contributed by atoms with E-state index in [1.807, 2.05) is 24.3 Å². The topological polar surface area (TPSA) is 68.4 Å². The number of benzene rings is 1. The fourth-order valence-electron chi connectivity index (χ4n) is 4.11. The predicted octanol–water partition coefficient (Wildman–Crippen LogP) is 8.54. The Morgan fingerprint density at radius 1 is 0.743 bits per heavy atom. The first-order valence-corrected chi connectivity index (χ1v) is 15.1. The second-order valence-electron chi connectivity index (χ2n) is 9.51. The van der Waals surface area contributed by atoms with Crippen molar-refractivity contribution in [1.29, 1.82) is 0 Å². The summed E-state index contributed by atoms with van der Waals surface area (Å²) in [6.07, 6.45) is 21.5. The van der Waals surface area contributed by atoms with E-state index < -0.39 is 0 Å². The summed E-state index contributed by atoms with van der Waals surface area (Å²) in [4.78, 5) is 0. The van der Waals surface area contributed by atoms with Gasteiger partial charge < -0.3 is 14.3 Å². The van der Waals surface area contributed by atoms with Crippen LogP contribution in [0.1, 0.15) is 121 Å². The molecule has 1 N–H and O–H groups in total. The second-order valence-corrected chi connectivity index (χ2v) is 10.6. The molecule has 0 aliphatic heterocycles. The van der Waals surface area contributed by atoms with Crippen molar-refractivity contribution in [3.63, 3.8) is 0 Å². The Balaban J connectivity index is 1.34. The van der Waals surface area contributed by atoms with E-state index in [0.29, 0.717) is 0 Å². The summed E-state index contributed by atoms with van der Waals surface area (Å²) in [5, 5.41) is 18.2. The van der Waals surface area contributed by atoms with Gasteiger partial charge in [0.1, 0.15) is 5.75 Å². The molecule has 2 rings (SSSR count). The molecule has 5 nitrogen and oxygen atoms in total. The molecule has 35 heavy (non-hydrogen) atoms. The van der Waals surface area contributed by atoms with Gasteiger partial charge in [-0.15, -0.1) is 10.2 Å². The van der Waals surface area contributed by atoms with Gasteiger partial charge in [-0.05, 0) is 37.0 Å². The quantitative estimate of drug-likeness (QED) is 0.121. The summed E-state index contributed by atoms with van der Waals surface area (Å²) in [5.41, 5.74) is 0.919. The van der Waals surface area contributed by atoms with Gasteiger partial charge in [-0.1, -0.05) is 114 Å². The van der Waals surface area contributed by atoms with Gasteiger partial charge in [0, 0.05) is 12.2 Å². The van der Waals surface area contributed by atoms with Crippen molar-refractivity contribution in [3.8, 4) is 5.75 Å². The molecule has 0 atom stereocenters. The van der Waals surface area contributed by atoms with Crippen molar-refractivity contribution in [1.82, 2.24) is 10.2 Å². The lowest BCUT2D eigenvalue weighted by molar-refractivity contribution is 0.281. The summed E-state index contributed by atoms with van der Waals surface area (Å²) in [6, 6.07) is 7.67. The summed E-state index contributed by atoms with van der Waals surface area (Å²) >= 11 is 1.71. The van der Waals surface area contributed by atoms with E-state index in [-0.39, 0.29) is 6.61 Å². The summed E-state index contributed by atoms with van der Waals surface area (Å²) in [6.45, 7) is 3.12. The normalized spacial score (nSPS) is 11.3. The Hall–Kier alpha value is -1.53. The molecule has 0 spiro atoms. The van der Waals surface area contributed by atoms with E-state index >= 15 is 0 Å². The third-order valence-electron chi connectivity index (χ3n) is 6.33. The Morgan fingerprint density at radius 2 is 1.34 bits per heavy atom. The fourth-order valence-corrected chi connectivity index (χ4v) is 4.89. The molecule has 0 unspecified atom stereocenters. The van der Waals surface area contributed by atoms with E-state index in [2.05, 4.69) is 17.1 Å². The van der Waals surface area contributed by atoms with Crippen LogP contribution in [-0.2, 0) is 13.0 Å². The number of aliphatic hydroxyl groups excluding tert-OH is 1. The molecule has 2 aromatic rings. The van der Waals surface area contributed by atoms with Gasteiger partial charge >= 0.3 is 0 Å². The molecule has 0 radical (unpaired) electrons. The average Bonchev–Trinajstić information content (AvgIpc) is 3.34. The number of hydrogen-bond acceptors (Lipinski definition) is 6. The van der Waals surface area contributed by atoms with E-state index in [0.717, 1.165) is 54.0 Å². The zero-order valence-corrected chi connectivity index (χ0v) is 22.8. The molecule has 0 amide bonds. The minimum atomic E-state index is 0.0801. The Kier molecular flexibility index (Phi) is 17.5. The first kappa shape index (κ1) is 29.7. The molecule has 1 heterocycles. The molecule has 1 aromatic carbocycles. The fraction of sp³-hybridized carbons (Fsp3) is 0.724. The van der Waals surface area contributed by atoms with Crippen molar-refractivity contribution in [2.75, 3.05) is 12.4 Å². The molecule has 0 fully saturated rings. The lowest BCUT2D eigenvalue weighted by atomic mass is 10.1. The number of aliphatic hydroxyl groups is 1. The van der Waals surface area contributed by atoms with Gasteiger partial charge in [-0.3, -0.25) is 0 Å². The van der Waals surface area contributed by atoms with E-state index in [4.69, 9.17) is 14.3 Å². The van der Waals surface area contributed by atoms with Crippen molar-refractivity contribution >= 4 is 11.8 Å². The van der Waals surface area contributed by atoms with Crippen LogP contribution in [-0.4, -0.2) is 27.7 Å². The van der Waals surface area contributed by atoms with Gasteiger partial charge in [0.05, 0.1) is 13.2 Å². The largest absolute Gasteiger partial charge is 0.494 e. The highest BCUT2D eigenvalue weighted by Crippen LogP contribution is 2.20. The highest BCUT2D eigenvalue weighted by atomic mass is 32.2. The minimum absolute atomic E-state index is 0.0801. The van der Waals surface area contributed by atoms with Crippen LogP contribution in [0, 0.1) is 0 Å². The maximum atomic E-state index is 9.06. The van der Waals surface area contributed by atoms with Crippen molar-refractivity contribution in [2.45, 2.75) is 128 Å². The zero-order chi connectivity index (χ0) is 24.8. The maximum Gasteiger partial charge on any atom is 0.276 e. The zero-order valence-electron chi connectivity index (χ0n) is 22.0. The van der Waals surface area contributed by atoms with Crippen LogP contribution in [0.15, 0.2) is 33.9 Å². The highest BCUT2D eigenvalue weighted by molar-refractivity contribution is 7.99. The Labute approximate surface area is 217 Å². The van der Waals surface area contributed by atoms with Crippen LogP contribution in [0.5, 0.6) is 5.75 Å². The van der Waals surface area contributed by atoms with Crippen LogP contribution < -0.4 is 4.74 Å². The number of ether oxygens (including phenoxy) is 1. The molecular formula is C29H48N2O3S. The molecular weight excluding hydrogens is 456 g/mol. The SMILES string of the molecule is CCCCCCCCCCSc1nnc(CCCCCCCCCCOc2ccc(CO)cc2)o1. The molecule has 0 aliphatic carbocycles. The number of thioether (sulfide) groups is 1. The van der Waals surface area contributed by atoms with Gasteiger partial charge in [-0.25, -0.2) is 0 Å². The molecule has 0 saturated heterocycles. The summed E-state index contributed by atoms with van der Waals surface area (Å²) in [5.74, 6) is 2.77. The number of nitrogens with zero attached hydrogens (tertiary/aromatic N) is 2. The lowest BCUT2D eigenvalue weighted by Crippen LogP contribution is -1.97. The standard InChI is InChI=1S/C29H48N2O3S/c1-2-3-4-5-6-11-14-17-24-35-29-31-30-28(34-29)18-15-12-9-7-8-10-13-16-23-33-27-21-19-26(25-32)20-22-27/h19-22,32H,2-18,23-25H2,1H3. The van der Waals surface area contributed by atoms with Crippen molar-refractivity contribution < 1.29 is 14.3 Å². The van der Waals surface area contributed by atoms with Crippen LogP contribution in [0.3, 0.4) is 0 Å². The summed E-state index contributed by atoms with van der Waals surface area (Å²) < 4.78 is 11.6. The van der Waals surface area contributed by atoms with Crippen LogP contribution >= 0.6 is 11.8 Å². The smallest absolute Gasteiger partial charge is 0.276 e. The molecule has 0 saturated carbocycles. The highest BCUT2D eigenvalue weighted by Gasteiger charge is 2.06. The minimum Gasteiger partial charge on any atom is -0.494 e. The molecule has 198 valence electrons. The maximum absolute atomic E-state index is 9.06. The van der Waals surface area contributed by atoms with Gasteiger partial charge in [0.15, 0.2) is 0 Å². The van der Waals surface area contributed by atoms with Crippen LogP contribution in [0.25, 0.3) is 0 Å². The average molecular weight is 505 g/mol. The first-order chi connectivity index (χ1) is 17.3. The van der Waals surface area contributed by atoms with Gasteiger partial charge in [-0.2, -0.15) is 0 Å². The third kappa shape index (κ3) is 15.2. The van der Waals surface area contributed by atoms with Crippen molar-refractivity contribution in [3.05, 3.63) is 35.7 Å². The number of aromatic nitrogens is 2. The molecule has 0 aliphatic rings. The molecule has 1 aromatic heterocycles. The molecule has 6 heteroatoms. The van der Waals surface area contributed by atoms with E-state index in [1.54, 1.807) is 11.8 Å². The number of hydrogen-bond donors (Lipinski definition) is 1. The number of unbranched alkanes of at least 4 members (excludes halogenated alkanes) is 14. The first-order valence-electron chi connectivity index (χ1n) is 14.1.